The average molecular weight is 449 g/mol. The molecule has 2 N–H and O–H groups in total. The summed E-state index contributed by atoms with van der Waals surface area (Å²) in [6.45, 7) is 2.22. The first-order valence-electron chi connectivity index (χ1n) is 8.96. The number of hydrogen-bond acceptors (Lipinski definition) is 5. The number of nitriles is 1. The Morgan fingerprint density at radius 3 is 2.72 bits per heavy atom. The van der Waals surface area contributed by atoms with Crippen LogP contribution in [0.3, 0.4) is 0 Å². The topological polar surface area (TPSA) is 93.9 Å². The number of ether oxygens (including phenoxy) is 1. The Labute approximate surface area is 176 Å². The zero-order valence-electron chi connectivity index (χ0n) is 15.6. The average Bonchev–Trinajstić information content (AvgIpc) is 2.71. The van der Waals surface area contributed by atoms with Crippen LogP contribution in [-0.4, -0.2) is 9.55 Å². The highest BCUT2D eigenvalue weighted by Gasteiger charge is 2.34. The summed E-state index contributed by atoms with van der Waals surface area (Å²) in [7, 11) is 0. The second-order valence-corrected chi connectivity index (χ2v) is 7.71. The summed E-state index contributed by atoms with van der Waals surface area (Å²) in [5, 5.41) is 9.73. The maximum absolute atomic E-state index is 13.5. The fourth-order valence-electron chi connectivity index (χ4n) is 3.55. The van der Waals surface area contributed by atoms with Gasteiger partial charge in [0.15, 0.2) is 0 Å². The van der Waals surface area contributed by atoms with Crippen LogP contribution in [0.1, 0.15) is 28.3 Å². The van der Waals surface area contributed by atoms with E-state index in [2.05, 4.69) is 27.0 Å². The molecule has 0 bridgehead atoms. The molecule has 0 amide bonds. The molecule has 2 aromatic heterocycles. The molecule has 29 heavy (non-hydrogen) atoms. The molecule has 4 rings (SSSR count). The molecule has 1 unspecified atom stereocenters. The molecule has 0 fully saturated rings. The highest BCUT2D eigenvalue weighted by molar-refractivity contribution is 9.10. The van der Waals surface area contributed by atoms with Gasteiger partial charge in [-0.05, 0) is 36.2 Å². The molecule has 0 saturated heterocycles. The van der Waals surface area contributed by atoms with E-state index >= 15 is 0 Å². The van der Waals surface area contributed by atoms with Crippen molar-refractivity contribution in [3.05, 3.63) is 104 Å². The second kappa shape index (κ2) is 7.57. The van der Waals surface area contributed by atoms with Crippen LogP contribution in [-0.2, 0) is 6.54 Å². The summed E-state index contributed by atoms with van der Waals surface area (Å²) in [5.74, 6) is -0.179. The number of nitrogens with zero attached hydrogens (tertiary/aromatic N) is 3. The maximum atomic E-state index is 13.5. The van der Waals surface area contributed by atoms with E-state index in [1.807, 2.05) is 43.3 Å². The normalized spacial score (nSPS) is 15.4. The molecule has 7 heteroatoms. The van der Waals surface area contributed by atoms with Crippen LogP contribution < -0.4 is 16.0 Å². The lowest BCUT2D eigenvalue weighted by Gasteiger charge is -2.27. The number of halogens is 1. The molecular weight excluding hydrogens is 432 g/mol. The minimum absolute atomic E-state index is 0.0247. The monoisotopic (exact) mass is 448 g/mol. The molecule has 1 aliphatic rings. The minimum Gasteiger partial charge on any atom is -0.440 e. The van der Waals surface area contributed by atoms with Gasteiger partial charge >= 0.3 is 0 Å². The van der Waals surface area contributed by atoms with Gasteiger partial charge in [0.2, 0.25) is 5.88 Å². The Bertz CT molecular complexity index is 1210. The minimum atomic E-state index is -0.593. The number of allylic oxidation sites excluding steroid dienone is 1. The van der Waals surface area contributed by atoms with Gasteiger partial charge in [0.1, 0.15) is 17.4 Å². The fraction of sp³-hybridized carbons (Fsp3) is 0.136. The third-order valence-electron chi connectivity index (χ3n) is 4.96. The number of aromatic nitrogens is 2. The van der Waals surface area contributed by atoms with Crippen molar-refractivity contribution in [1.82, 2.24) is 9.55 Å². The van der Waals surface area contributed by atoms with Gasteiger partial charge in [-0.1, -0.05) is 34.1 Å². The van der Waals surface area contributed by atoms with E-state index in [0.717, 1.165) is 21.3 Å². The number of pyridine rings is 2. The van der Waals surface area contributed by atoms with Gasteiger partial charge in [0, 0.05) is 28.6 Å². The standard InChI is InChI=1S/C22H17BrN4O2/c1-13-9-18-20(22(28)27(13)12-14-3-2-8-26-11-14)19(17(10-24)21(25)29-18)15-4-6-16(23)7-5-15/h2-9,11,19H,12,25H2,1H3. The zero-order valence-corrected chi connectivity index (χ0v) is 17.2. The summed E-state index contributed by atoms with van der Waals surface area (Å²) in [5.41, 5.74) is 8.90. The number of nitrogens with two attached hydrogens (primary N) is 1. The maximum Gasteiger partial charge on any atom is 0.259 e. The number of aryl methyl sites for hydroxylation is 1. The van der Waals surface area contributed by atoms with Gasteiger partial charge in [-0.25, -0.2) is 0 Å². The second-order valence-electron chi connectivity index (χ2n) is 6.79. The van der Waals surface area contributed by atoms with E-state index in [4.69, 9.17) is 10.5 Å². The van der Waals surface area contributed by atoms with Crippen molar-refractivity contribution >= 4 is 15.9 Å². The first kappa shape index (κ1) is 19.0. The summed E-state index contributed by atoms with van der Waals surface area (Å²) >= 11 is 3.42. The molecule has 1 aliphatic heterocycles. The number of rotatable bonds is 3. The lowest BCUT2D eigenvalue weighted by molar-refractivity contribution is 0.389. The van der Waals surface area contributed by atoms with Crippen molar-refractivity contribution < 1.29 is 4.74 Å². The van der Waals surface area contributed by atoms with E-state index in [1.54, 1.807) is 23.0 Å². The molecule has 0 spiro atoms. The van der Waals surface area contributed by atoms with E-state index in [-0.39, 0.29) is 17.0 Å². The van der Waals surface area contributed by atoms with Gasteiger partial charge in [-0.15, -0.1) is 0 Å². The quantitative estimate of drug-likeness (QED) is 0.660. The van der Waals surface area contributed by atoms with E-state index in [1.165, 1.54) is 0 Å². The molecule has 1 aromatic carbocycles. The number of benzene rings is 1. The molecule has 0 aliphatic carbocycles. The van der Waals surface area contributed by atoms with Crippen LogP contribution >= 0.6 is 15.9 Å². The lowest BCUT2D eigenvalue weighted by Crippen LogP contribution is -2.33. The summed E-state index contributed by atoms with van der Waals surface area (Å²) in [6.07, 6.45) is 3.42. The molecule has 0 radical (unpaired) electrons. The van der Waals surface area contributed by atoms with Crippen molar-refractivity contribution in [1.29, 1.82) is 5.26 Å². The predicted molar refractivity (Wildman–Crippen MR) is 112 cm³/mol. The smallest absolute Gasteiger partial charge is 0.259 e. The Hall–Kier alpha value is -3.37. The highest BCUT2D eigenvalue weighted by Crippen LogP contribution is 2.40. The van der Waals surface area contributed by atoms with Crippen LogP contribution in [0, 0.1) is 18.3 Å². The van der Waals surface area contributed by atoms with Crippen LogP contribution in [0.5, 0.6) is 5.75 Å². The number of hydrogen-bond donors (Lipinski definition) is 1. The van der Waals surface area contributed by atoms with Crippen molar-refractivity contribution in [3.63, 3.8) is 0 Å². The summed E-state index contributed by atoms with van der Waals surface area (Å²) in [6, 6.07) is 15.2. The molecule has 144 valence electrons. The van der Waals surface area contributed by atoms with Crippen molar-refractivity contribution in [2.75, 3.05) is 0 Å². The van der Waals surface area contributed by atoms with Gasteiger partial charge in [0.05, 0.1) is 18.0 Å². The third kappa shape index (κ3) is 3.43. The first-order chi connectivity index (χ1) is 14.0. The van der Waals surface area contributed by atoms with Gasteiger partial charge in [-0.2, -0.15) is 5.26 Å². The van der Waals surface area contributed by atoms with Gasteiger partial charge in [-0.3, -0.25) is 9.78 Å². The molecule has 0 saturated carbocycles. The van der Waals surface area contributed by atoms with Crippen LogP contribution in [0.15, 0.2) is 75.6 Å². The van der Waals surface area contributed by atoms with E-state index < -0.39 is 5.92 Å². The van der Waals surface area contributed by atoms with Gasteiger partial charge in [0.25, 0.3) is 5.56 Å². The zero-order chi connectivity index (χ0) is 20.5. The van der Waals surface area contributed by atoms with Crippen LogP contribution in [0.2, 0.25) is 0 Å². The molecular formula is C22H17BrN4O2. The fourth-order valence-corrected chi connectivity index (χ4v) is 3.81. The van der Waals surface area contributed by atoms with Crippen LogP contribution in [0.25, 0.3) is 0 Å². The predicted octanol–water partition coefficient (Wildman–Crippen LogP) is 3.58. The number of fused-ring (bicyclic) bond motifs is 1. The summed E-state index contributed by atoms with van der Waals surface area (Å²) in [4.78, 5) is 17.7. The van der Waals surface area contributed by atoms with Crippen molar-refractivity contribution in [2.45, 2.75) is 19.4 Å². The Morgan fingerprint density at radius 1 is 1.31 bits per heavy atom. The van der Waals surface area contributed by atoms with Crippen molar-refractivity contribution in [3.8, 4) is 11.8 Å². The van der Waals surface area contributed by atoms with Crippen LogP contribution in [0.4, 0.5) is 0 Å². The van der Waals surface area contributed by atoms with Crippen molar-refractivity contribution in [2.24, 2.45) is 5.73 Å². The van der Waals surface area contributed by atoms with E-state index in [0.29, 0.717) is 17.9 Å². The Morgan fingerprint density at radius 2 is 2.07 bits per heavy atom. The van der Waals surface area contributed by atoms with E-state index in [9.17, 15) is 10.1 Å². The highest BCUT2D eigenvalue weighted by atomic mass is 79.9. The molecule has 3 aromatic rings. The largest absolute Gasteiger partial charge is 0.440 e. The SMILES string of the molecule is Cc1cc2c(c(=O)n1Cc1cccnc1)C(c1ccc(Br)cc1)C(C#N)=C(N)O2. The third-order valence-corrected chi connectivity index (χ3v) is 5.49. The summed E-state index contributed by atoms with van der Waals surface area (Å²) < 4.78 is 8.25. The Kier molecular flexibility index (Phi) is 4.95. The molecule has 1 atom stereocenters. The molecule has 6 nitrogen and oxygen atoms in total. The van der Waals surface area contributed by atoms with Gasteiger partial charge < -0.3 is 15.0 Å². The lowest BCUT2D eigenvalue weighted by atomic mass is 9.84. The molecule has 3 heterocycles. The first-order valence-corrected chi connectivity index (χ1v) is 9.75. The Balaban J connectivity index is 1.92.